The van der Waals surface area contributed by atoms with E-state index in [0.29, 0.717) is 29.1 Å². The Morgan fingerprint density at radius 1 is 0.941 bits per heavy atom. The van der Waals surface area contributed by atoms with E-state index in [0.717, 1.165) is 17.9 Å². The van der Waals surface area contributed by atoms with Gasteiger partial charge in [0.2, 0.25) is 5.75 Å². The normalized spacial score (nSPS) is 9.50. The number of hydrogen-bond donors (Lipinski definition) is 1. The van der Waals surface area contributed by atoms with Crippen molar-refractivity contribution in [2.75, 3.05) is 33.7 Å². The highest BCUT2D eigenvalue weighted by molar-refractivity contribution is 7.98. The van der Waals surface area contributed by atoms with Crippen molar-refractivity contribution in [2.45, 2.75) is 37.8 Å². The quantitative estimate of drug-likeness (QED) is 0.273. The molecule has 1 N–H and O–H groups in total. The largest absolute Gasteiger partial charge is 0.493 e. The van der Waals surface area contributed by atoms with Crippen molar-refractivity contribution in [2.24, 2.45) is 0 Å². The number of carbonyl (C=O) groups excluding carboxylic acids is 1. The van der Waals surface area contributed by atoms with E-state index in [4.69, 9.17) is 14.2 Å². The van der Waals surface area contributed by atoms with Crippen molar-refractivity contribution in [3.8, 4) is 17.2 Å². The van der Waals surface area contributed by atoms with Crippen LogP contribution in [0.5, 0.6) is 17.2 Å². The average Bonchev–Trinajstić information content (AvgIpc) is 2.92. The molecule has 0 unspecified atom stereocenters. The zero-order valence-electron chi connectivity index (χ0n) is 21.2. The number of methoxy groups -OCH3 is 3. The standard InChI is InChI=1S/C15H18N2S.C10H12O4.C2H6/c1-3-12-6-4-5-7-13(12)11-18-15-8-9-17-10-14(15)16-2;1-12-8-5-4-7(6-11)9(13-2)10(8)14-3;1-2/h4-10,16H,3,11H2,1-2H3;4-6H,1-3H3;1-2H3. The van der Waals surface area contributed by atoms with Gasteiger partial charge in [0.1, 0.15) is 0 Å². The first-order valence-corrected chi connectivity index (χ1v) is 12.2. The molecule has 34 heavy (non-hydrogen) atoms. The van der Waals surface area contributed by atoms with E-state index >= 15 is 0 Å². The molecule has 1 aromatic heterocycles. The first-order valence-electron chi connectivity index (χ1n) is 11.2. The number of hydrogen-bond acceptors (Lipinski definition) is 7. The molecule has 0 amide bonds. The molecule has 0 aliphatic heterocycles. The third-order valence-corrected chi connectivity index (χ3v) is 5.92. The Labute approximate surface area is 208 Å². The first-order chi connectivity index (χ1) is 16.6. The van der Waals surface area contributed by atoms with Gasteiger partial charge in [0.15, 0.2) is 17.8 Å². The zero-order chi connectivity index (χ0) is 25.3. The van der Waals surface area contributed by atoms with Crippen LogP contribution < -0.4 is 19.5 Å². The number of nitrogens with zero attached hydrogens (tertiary/aromatic N) is 1. The molecule has 3 aromatic rings. The van der Waals surface area contributed by atoms with Gasteiger partial charge in [0, 0.05) is 23.9 Å². The maximum atomic E-state index is 10.7. The van der Waals surface area contributed by atoms with Gasteiger partial charge in [-0.25, -0.2) is 0 Å². The van der Waals surface area contributed by atoms with Crippen LogP contribution in [0.15, 0.2) is 59.8 Å². The van der Waals surface area contributed by atoms with Crippen molar-refractivity contribution in [3.05, 3.63) is 71.5 Å². The SMILES string of the molecule is CC.CCc1ccccc1CSc1ccncc1NC.COc1ccc(C=O)c(OC)c1OC. The van der Waals surface area contributed by atoms with Crippen LogP contribution in [0, 0.1) is 0 Å². The predicted molar refractivity (Wildman–Crippen MR) is 142 cm³/mol. The van der Waals surface area contributed by atoms with Crippen molar-refractivity contribution < 1.29 is 19.0 Å². The van der Waals surface area contributed by atoms with Crippen LogP contribution in [0.4, 0.5) is 5.69 Å². The van der Waals surface area contributed by atoms with E-state index in [-0.39, 0.29) is 0 Å². The third kappa shape index (κ3) is 7.99. The molecule has 0 saturated heterocycles. The molecule has 0 bridgehead atoms. The molecule has 6 nitrogen and oxygen atoms in total. The maximum Gasteiger partial charge on any atom is 0.204 e. The van der Waals surface area contributed by atoms with Gasteiger partial charge < -0.3 is 19.5 Å². The Balaban J connectivity index is 0.000000326. The molecule has 0 saturated carbocycles. The molecule has 0 radical (unpaired) electrons. The second-order valence-electron chi connectivity index (χ2n) is 6.57. The number of thioether (sulfide) groups is 1. The summed E-state index contributed by atoms with van der Waals surface area (Å²) in [6.45, 7) is 6.20. The predicted octanol–water partition coefficient (Wildman–Crippen LogP) is 6.53. The van der Waals surface area contributed by atoms with Gasteiger partial charge in [-0.3, -0.25) is 9.78 Å². The monoisotopic (exact) mass is 484 g/mol. The Hall–Kier alpha value is -3.19. The van der Waals surface area contributed by atoms with Crippen molar-refractivity contribution in [1.82, 2.24) is 4.98 Å². The Bertz CT molecular complexity index is 964. The van der Waals surface area contributed by atoms with Gasteiger partial charge in [-0.2, -0.15) is 0 Å². The highest BCUT2D eigenvalue weighted by atomic mass is 32.2. The molecule has 7 heteroatoms. The number of anilines is 1. The summed E-state index contributed by atoms with van der Waals surface area (Å²) in [5.74, 6) is 2.36. The molecule has 0 atom stereocenters. The van der Waals surface area contributed by atoms with Gasteiger partial charge in [-0.05, 0) is 35.7 Å². The second-order valence-corrected chi connectivity index (χ2v) is 7.59. The second kappa shape index (κ2) is 16.4. The van der Waals surface area contributed by atoms with Gasteiger partial charge in [0.05, 0.1) is 38.8 Å². The van der Waals surface area contributed by atoms with Crippen molar-refractivity contribution in [3.63, 3.8) is 0 Å². The van der Waals surface area contributed by atoms with Crippen LogP contribution in [-0.2, 0) is 12.2 Å². The van der Waals surface area contributed by atoms with E-state index < -0.39 is 0 Å². The first kappa shape index (κ1) is 28.8. The Kier molecular flexibility index (Phi) is 13.9. The lowest BCUT2D eigenvalue weighted by molar-refractivity contribution is 0.112. The number of aldehydes is 1. The zero-order valence-corrected chi connectivity index (χ0v) is 22.0. The Morgan fingerprint density at radius 3 is 2.18 bits per heavy atom. The summed E-state index contributed by atoms with van der Waals surface area (Å²) in [6.07, 6.45) is 5.51. The van der Waals surface area contributed by atoms with E-state index in [1.165, 1.54) is 37.4 Å². The number of carbonyl (C=O) groups is 1. The molecule has 0 spiro atoms. The average molecular weight is 485 g/mol. The van der Waals surface area contributed by atoms with Crippen LogP contribution in [0.3, 0.4) is 0 Å². The Morgan fingerprint density at radius 2 is 1.62 bits per heavy atom. The highest BCUT2D eigenvalue weighted by Gasteiger charge is 2.14. The molecule has 0 aliphatic rings. The molecule has 0 aliphatic carbocycles. The van der Waals surface area contributed by atoms with Crippen LogP contribution >= 0.6 is 11.8 Å². The molecule has 2 aromatic carbocycles. The van der Waals surface area contributed by atoms with E-state index in [2.05, 4.69) is 47.6 Å². The van der Waals surface area contributed by atoms with Crippen LogP contribution in [0.1, 0.15) is 42.3 Å². The number of aromatic nitrogens is 1. The fourth-order valence-corrected chi connectivity index (χ4v) is 4.17. The number of pyridine rings is 1. The molecular formula is C27H36N2O4S. The van der Waals surface area contributed by atoms with E-state index in [1.54, 1.807) is 12.1 Å². The van der Waals surface area contributed by atoms with Gasteiger partial charge in [-0.15, -0.1) is 11.8 Å². The maximum absolute atomic E-state index is 10.7. The minimum Gasteiger partial charge on any atom is -0.493 e. The molecule has 184 valence electrons. The highest BCUT2D eigenvalue weighted by Crippen LogP contribution is 2.38. The van der Waals surface area contributed by atoms with Crippen LogP contribution in [-0.4, -0.2) is 39.6 Å². The fourth-order valence-electron chi connectivity index (χ4n) is 3.11. The summed E-state index contributed by atoms with van der Waals surface area (Å²) in [4.78, 5) is 16.1. The molecule has 1 heterocycles. The van der Waals surface area contributed by atoms with Crippen molar-refractivity contribution in [1.29, 1.82) is 0 Å². The van der Waals surface area contributed by atoms with Gasteiger partial charge >= 0.3 is 0 Å². The number of nitrogens with one attached hydrogen (secondary N) is 1. The van der Waals surface area contributed by atoms with Crippen LogP contribution in [0.25, 0.3) is 0 Å². The lowest BCUT2D eigenvalue weighted by Gasteiger charge is -2.12. The minimum absolute atomic E-state index is 0.391. The lowest BCUT2D eigenvalue weighted by Crippen LogP contribution is -1.97. The number of benzene rings is 2. The van der Waals surface area contributed by atoms with Crippen LogP contribution in [0.2, 0.25) is 0 Å². The fraction of sp³-hybridized carbons (Fsp3) is 0.333. The topological polar surface area (TPSA) is 69.7 Å². The number of ether oxygens (including phenoxy) is 3. The summed E-state index contributed by atoms with van der Waals surface area (Å²) in [5.41, 5.74) is 4.38. The summed E-state index contributed by atoms with van der Waals surface area (Å²) in [6, 6.07) is 14.0. The third-order valence-electron chi connectivity index (χ3n) is 4.79. The number of rotatable bonds is 9. The smallest absolute Gasteiger partial charge is 0.204 e. The van der Waals surface area contributed by atoms with Crippen molar-refractivity contribution >= 4 is 23.7 Å². The summed E-state index contributed by atoms with van der Waals surface area (Å²) < 4.78 is 15.2. The lowest BCUT2D eigenvalue weighted by atomic mass is 10.1. The summed E-state index contributed by atoms with van der Waals surface area (Å²) >= 11 is 1.85. The van der Waals surface area contributed by atoms with E-state index in [9.17, 15) is 4.79 Å². The molecular weight excluding hydrogens is 448 g/mol. The minimum atomic E-state index is 0.391. The summed E-state index contributed by atoms with van der Waals surface area (Å²) in [7, 11) is 6.43. The van der Waals surface area contributed by atoms with Gasteiger partial charge in [-0.1, -0.05) is 45.0 Å². The number of aryl methyl sites for hydroxylation is 1. The van der Waals surface area contributed by atoms with Gasteiger partial charge in [0.25, 0.3) is 0 Å². The molecule has 3 rings (SSSR count). The molecule has 0 fully saturated rings. The summed E-state index contributed by atoms with van der Waals surface area (Å²) in [5, 5.41) is 3.18. The van der Waals surface area contributed by atoms with E-state index in [1.807, 2.05) is 45.1 Å².